The topological polar surface area (TPSA) is 87.3 Å². The van der Waals surface area contributed by atoms with E-state index in [0.717, 1.165) is 33.1 Å². The van der Waals surface area contributed by atoms with Gasteiger partial charge in [0.05, 0.1) is 11.0 Å². The van der Waals surface area contributed by atoms with E-state index in [-0.39, 0.29) is 0 Å². The van der Waals surface area contributed by atoms with E-state index in [4.69, 9.17) is 14.5 Å². The number of pyridine rings is 3. The molecule has 4 heterocycles. The number of tetrazole rings is 1. The maximum atomic E-state index is 6.15. The zero-order chi connectivity index (χ0) is 22.4. The van der Waals surface area contributed by atoms with Gasteiger partial charge in [-0.1, -0.05) is 6.07 Å². The van der Waals surface area contributed by atoms with E-state index in [2.05, 4.69) is 20.5 Å². The Hall–Kier alpha value is -4.59. The highest BCUT2D eigenvalue weighted by Crippen LogP contribution is 2.33. The van der Waals surface area contributed by atoms with Crippen LogP contribution >= 0.6 is 0 Å². The van der Waals surface area contributed by atoms with Gasteiger partial charge in [-0.2, -0.15) is 4.52 Å². The van der Waals surface area contributed by atoms with Gasteiger partial charge < -0.3 is 9.47 Å². The molecule has 6 rings (SSSR count). The van der Waals surface area contributed by atoms with Crippen LogP contribution < -0.4 is 9.47 Å². The molecule has 0 bridgehead atoms. The summed E-state index contributed by atoms with van der Waals surface area (Å²) in [6, 6.07) is 21.0. The molecule has 0 saturated heterocycles. The number of aromatic nitrogens is 6. The monoisotopic (exact) mass is 434 g/mol. The fourth-order valence-corrected chi connectivity index (χ4v) is 3.84. The Balaban J connectivity index is 1.39. The number of hydrogen-bond donors (Lipinski definition) is 0. The third-order valence-electron chi connectivity index (χ3n) is 5.35. The predicted octanol–water partition coefficient (Wildman–Crippen LogP) is 5.42. The van der Waals surface area contributed by atoms with Gasteiger partial charge in [0.25, 0.3) is 0 Å². The lowest BCUT2D eigenvalue weighted by Gasteiger charge is -2.11. The second kappa shape index (κ2) is 7.52. The van der Waals surface area contributed by atoms with Gasteiger partial charge in [-0.3, -0.25) is 4.98 Å². The molecule has 0 saturated carbocycles. The van der Waals surface area contributed by atoms with Crippen molar-refractivity contribution in [2.75, 3.05) is 0 Å². The lowest BCUT2D eigenvalue weighted by Crippen LogP contribution is -1.96. The van der Waals surface area contributed by atoms with Crippen LogP contribution in [0.2, 0.25) is 0 Å². The number of nitrogens with zero attached hydrogens (tertiary/aromatic N) is 6. The number of ether oxygens (including phenoxy) is 2. The predicted molar refractivity (Wildman–Crippen MR) is 124 cm³/mol. The molecule has 0 unspecified atom stereocenters. The molecule has 0 radical (unpaired) electrons. The van der Waals surface area contributed by atoms with Crippen LogP contribution in [0.4, 0.5) is 0 Å². The Morgan fingerprint density at radius 1 is 0.788 bits per heavy atom. The van der Waals surface area contributed by atoms with E-state index < -0.39 is 0 Å². The first-order chi connectivity index (χ1) is 16.1. The second-order valence-corrected chi connectivity index (χ2v) is 7.79. The van der Waals surface area contributed by atoms with Crippen molar-refractivity contribution in [2.24, 2.45) is 0 Å². The summed E-state index contributed by atoms with van der Waals surface area (Å²) in [5, 5.41) is 14.1. The second-order valence-electron chi connectivity index (χ2n) is 7.79. The fraction of sp³-hybridized carbons (Fsp3) is 0.0800. The van der Waals surface area contributed by atoms with E-state index in [9.17, 15) is 0 Å². The first kappa shape index (κ1) is 19.1. The molecule has 2 aromatic carbocycles. The molecule has 160 valence electrons. The summed E-state index contributed by atoms with van der Waals surface area (Å²) in [5.74, 6) is 2.48. The van der Waals surface area contributed by atoms with E-state index in [0.29, 0.717) is 28.8 Å². The van der Waals surface area contributed by atoms with Crippen molar-refractivity contribution < 1.29 is 9.47 Å². The third kappa shape index (κ3) is 3.47. The fourth-order valence-electron chi connectivity index (χ4n) is 3.84. The molecule has 0 aliphatic carbocycles. The van der Waals surface area contributed by atoms with Crippen molar-refractivity contribution in [3.8, 4) is 23.1 Å². The van der Waals surface area contributed by atoms with Crippen molar-refractivity contribution in [2.45, 2.75) is 13.8 Å². The number of rotatable bonds is 4. The van der Waals surface area contributed by atoms with Gasteiger partial charge in [0.1, 0.15) is 17.2 Å². The SMILES string of the molecule is Cc1ccnc(Oc2cccc(Oc3ccc4c(c3)c3nnnn3c3ccc(C)nc43)c2)c1. The van der Waals surface area contributed by atoms with Crippen molar-refractivity contribution in [1.82, 2.24) is 30.0 Å². The molecule has 0 atom stereocenters. The van der Waals surface area contributed by atoms with Gasteiger partial charge in [-0.25, -0.2) is 4.98 Å². The average molecular weight is 434 g/mol. The zero-order valence-electron chi connectivity index (χ0n) is 17.9. The number of aryl methyl sites for hydroxylation is 2. The summed E-state index contributed by atoms with van der Waals surface area (Å²) in [5.41, 5.74) is 4.36. The Kier molecular flexibility index (Phi) is 4.36. The quantitative estimate of drug-likeness (QED) is 0.342. The van der Waals surface area contributed by atoms with Crippen molar-refractivity contribution in [3.63, 3.8) is 0 Å². The minimum atomic E-state index is 0.536. The molecule has 0 N–H and O–H groups in total. The summed E-state index contributed by atoms with van der Waals surface area (Å²) in [6.45, 7) is 3.96. The molecule has 33 heavy (non-hydrogen) atoms. The minimum absolute atomic E-state index is 0.536. The van der Waals surface area contributed by atoms with Gasteiger partial charge in [0.2, 0.25) is 5.88 Å². The van der Waals surface area contributed by atoms with E-state index in [1.54, 1.807) is 10.7 Å². The molecule has 0 amide bonds. The normalized spacial score (nSPS) is 11.3. The lowest BCUT2D eigenvalue weighted by atomic mass is 10.1. The summed E-state index contributed by atoms with van der Waals surface area (Å²) in [6.07, 6.45) is 1.72. The Morgan fingerprint density at radius 2 is 1.64 bits per heavy atom. The highest BCUT2D eigenvalue weighted by molar-refractivity contribution is 6.10. The zero-order valence-corrected chi connectivity index (χ0v) is 17.9. The van der Waals surface area contributed by atoms with Crippen LogP contribution in [-0.4, -0.2) is 30.0 Å². The largest absolute Gasteiger partial charge is 0.457 e. The first-order valence-electron chi connectivity index (χ1n) is 10.4. The van der Waals surface area contributed by atoms with Crippen LogP contribution in [0.25, 0.3) is 27.5 Å². The summed E-state index contributed by atoms with van der Waals surface area (Å²) in [7, 11) is 0. The van der Waals surface area contributed by atoms with Gasteiger partial charge >= 0.3 is 0 Å². The van der Waals surface area contributed by atoms with Crippen molar-refractivity contribution in [1.29, 1.82) is 0 Å². The molecular weight excluding hydrogens is 416 g/mol. The highest BCUT2D eigenvalue weighted by atomic mass is 16.5. The summed E-state index contributed by atoms with van der Waals surface area (Å²) < 4.78 is 13.7. The van der Waals surface area contributed by atoms with Gasteiger partial charge in [-0.05, 0) is 78.4 Å². The van der Waals surface area contributed by atoms with Crippen LogP contribution in [0.15, 0.2) is 72.9 Å². The molecule has 4 aromatic heterocycles. The molecule has 0 aliphatic rings. The molecule has 8 heteroatoms. The standard InChI is InChI=1S/C25H18N6O2/c1-15-10-11-26-23(12-15)33-18-5-3-4-17(13-18)32-19-7-8-20-21(14-19)25-28-29-30-31(25)22-9-6-16(2)27-24(20)22/h3-14H,1-2H3. The van der Waals surface area contributed by atoms with Crippen molar-refractivity contribution >= 4 is 27.5 Å². The molecule has 0 aliphatic heterocycles. The van der Waals surface area contributed by atoms with Gasteiger partial charge in [0, 0.05) is 34.8 Å². The highest BCUT2D eigenvalue weighted by Gasteiger charge is 2.14. The molecule has 0 fully saturated rings. The number of fused-ring (bicyclic) bond motifs is 6. The minimum Gasteiger partial charge on any atom is -0.457 e. The first-order valence-corrected chi connectivity index (χ1v) is 10.4. The van der Waals surface area contributed by atoms with Crippen LogP contribution in [-0.2, 0) is 0 Å². The number of hydrogen-bond acceptors (Lipinski definition) is 7. The smallest absolute Gasteiger partial charge is 0.219 e. The molecule has 0 spiro atoms. The van der Waals surface area contributed by atoms with Crippen LogP contribution in [0, 0.1) is 13.8 Å². The van der Waals surface area contributed by atoms with Crippen LogP contribution in [0.3, 0.4) is 0 Å². The lowest BCUT2D eigenvalue weighted by molar-refractivity contribution is 0.449. The number of benzene rings is 2. The van der Waals surface area contributed by atoms with E-state index in [1.165, 1.54) is 0 Å². The third-order valence-corrected chi connectivity index (χ3v) is 5.35. The summed E-state index contributed by atoms with van der Waals surface area (Å²) >= 11 is 0. The van der Waals surface area contributed by atoms with E-state index >= 15 is 0 Å². The Bertz CT molecular complexity index is 1660. The van der Waals surface area contributed by atoms with Gasteiger partial charge in [0.15, 0.2) is 5.65 Å². The molecular formula is C25H18N6O2. The van der Waals surface area contributed by atoms with E-state index in [1.807, 2.05) is 80.6 Å². The maximum Gasteiger partial charge on any atom is 0.219 e. The maximum absolute atomic E-state index is 6.15. The van der Waals surface area contributed by atoms with Crippen LogP contribution in [0.5, 0.6) is 23.1 Å². The molecule has 8 nitrogen and oxygen atoms in total. The Morgan fingerprint density at radius 3 is 2.52 bits per heavy atom. The van der Waals surface area contributed by atoms with Crippen molar-refractivity contribution in [3.05, 3.63) is 84.2 Å². The average Bonchev–Trinajstić information content (AvgIpc) is 3.30. The Labute approximate surface area is 188 Å². The molecule has 6 aromatic rings. The van der Waals surface area contributed by atoms with Crippen LogP contribution in [0.1, 0.15) is 11.3 Å². The summed E-state index contributed by atoms with van der Waals surface area (Å²) in [4.78, 5) is 8.97. The van der Waals surface area contributed by atoms with Gasteiger partial charge in [-0.15, -0.1) is 5.10 Å².